The second-order valence-corrected chi connectivity index (χ2v) is 5.47. The van der Waals surface area contributed by atoms with E-state index in [2.05, 4.69) is 27.0 Å². The van der Waals surface area contributed by atoms with Crippen LogP contribution in [0.5, 0.6) is 0 Å². The number of halogens is 3. The van der Waals surface area contributed by atoms with Crippen LogP contribution in [0.15, 0.2) is 22.8 Å². The van der Waals surface area contributed by atoms with Crippen LogP contribution in [0.2, 0.25) is 10.0 Å². The van der Waals surface area contributed by atoms with Gasteiger partial charge in [-0.1, -0.05) is 23.2 Å². The highest BCUT2D eigenvalue weighted by atomic mass is 79.9. The molecule has 2 rings (SSSR count). The molecule has 0 aliphatic carbocycles. The molecule has 6 heteroatoms. The van der Waals surface area contributed by atoms with Gasteiger partial charge in [-0.15, -0.1) is 11.3 Å². The zero-order chi connectivity index (χ0) is 11.7. The van der Waals surface area contributed by atoms with Crippen molar-refractivity contribution in [3.8, 4) is 16.6 Å². The molecule has 0 bridgehead atoms. The van der Waals surface area contributed by atoms with Crippen LogP contribution >= 0.6 is 50.5 Å². The molecule has 16 heavy (non-hydrogen) atoms. The Labute approximate surface area is 115 Å². The number of thiazole rings is 1. The van der Waals surface area contributed by atoms with E-state index in [9.17, 15) is 0 Å². The second kappa shape index (κ2) is 4.72. The molecule has 0 saturated heterocycles. The molecule has 0 aliphatic rings. The Hall–Kier alpha value is -0.600. The van der Waals surface area contributed by atoms with Gasteiger partial charge in [0, 0.05) is 10.6 Å². The average molecular weight is 334 g/mol. The third kappa shape index (κ3) is 2.23. The number of hydrogen-bond donors (Lipinski definition) is 0. The maximum Gasteiger partial charge on any atom is 0.139 e. The molecule has 0 saturated carbocycles. The zero-order valence-electron chi connectivity index (χ0n) is 7.67. The van der Waals surface area contributed by atoms with E-state index in [-0.39, 0.29) is 0 Å². The maximum atomic E-state index is 8.83. The van der Waals surface area contributed by atoms with Crippen LogP contribution in [0.3, 0.4) is 0 Å². The van der Waals surface area contributed by atoms with Crippen LogP contribution in [0.1, 0.15) is 4.88 Å². The summed E-state index contributed by atoms with van der Waals surface area (Å²) < 4.78 is 0.543. The number of hydrogen-bond acceptors (Lipinski definition) is 3. The van der Waals surface area contributed by atoms with Gasteiger partial charge in [0.2, 0.25) is 0 Å². The summed E-state index contributed by atoms with van der Waals surface area (Å²) in [6.45, 7) is 0. The quantitative estimate of drug-likeness (QED) is 0.755. The van der Waals surface area contributed by atoms with E-state index in [1.54, 1.807) is 18.2 Å². The molecule has 1 aromatic heterocycles. The van der Waals surface area contributed by atoms with Gasteiger partial charge in [0.15, 0.2) is 0 Å². The molecule has 2 nitrogen and oxygen atoms in total. The van der Waals surface area contributed by atoms with Gasteiger partial charge >= 0.3 is 0 Å². The Morgan fingerprint density at radius 1 is 1.38 bits per heavy atom. The SMILES string of the molecule is N#Cc1sc(-c2ccc(Cl)cc2Cl)nc1Br. The highest BCUT2D eigenvalue weighted by Crippen LogP contribution is 2.35. The predicted octanol–water partition coefficient (Wildman–Crippen LogP) is 4.75. The van der Waals surface area contributed by atoms with E-state index < -0.39 is 0 Å². The van der Waals surface area contributed by atoms with Crippen LogP contribution in [-0.2, 0) is 0 Å². The normalized spacial score (nSPS) is 10.1. The highest BCUT2D eigenvalue weighted by molar-refractivity contribution is 9.10. The van der Waals surface area contributed by atoms with Crippen molar-refractivity contribution in [3.05, 3.63) is 37.7 Å². The molecule has 0 N–H and O–H groups in total. The first-order chi connectivity index (χ1) is 7.61. The first-order valence-electron chi connectivity index (χ1n) is 4.13. The molecule has 0 aliphatic heterocycles. The molecular weight excluding hydrogens is 331 g/mol. The lowest BCUT2D eigenvalue weighted by molar-refractivity contribution is 1.34. The van der Waals surface area contributed by atoms with Gasteiger partial charge in [0.25, 0.3) is 0 Å². The molecule has 1 heterocycles. The fraction of sp³-hybridized carbons (Fsp3) is 0. The van der Waals surface area contributed by atoms with E-state index in [0.717, 1.165) is 5.56 Å². The Balaban J connectivity index is 2.55. The van der Waals surface area contributed by atoms with E-state index in [1.165, 1.54) is 11.3 Å². The third-order valence-electron chi connectivity index (χ3n) is 1.85. The monoisotopic (exact) mass is 332 g/mol. The minimum Gasteiger partial charge on any atom is -0.228 e. The predicted molar refractivity (Wildman–Crippen MR) is 70.0 cm³/mol. The van der Waals surface area contributed by atoms with Gasteiger partial charge in [-0.2, -0.15) is 5.26 Å². The first-order valence-corrected chi connectivity index (χ1v) is 6.50. The van der Waals surface area contributed by atoms with E-state index in [0.29, 0.717) is 24.5 Å². The lowest BCUT2D eigenvalue weighted by Crippen LogP contribution is -1.77. The van der Waals surface area contributed by atoms with Gasteiger partial charge in [-0.05, 0) is 34.1 Å². The molecular formula is C10H3BrCl2N2S. The summed E-state index contributed by atoms with van der Waals surface area (Å²) in [5.41, 5.74) is 0.776. The van der Waals surface area contributed by atoms with Crippen molar-refractivity contribution in [1.82, 2.24) is 4.98 Å². The van der Waals surface area contributed by atoms with Crippen LogP contribution in [0.25, 0.3) is 10.6 Å². The van der Waals surface area contributed by atoms with Crippen molar-refractivity contribution in [2.45, 2.75) is 0 Å². The summed E-state index contributed by atoms with van der Waals surface area (Å²) in [7, 11) is 0. The van der Waals surface area contributed by atoms with Gasteiger partial charge in [-0.25, -0.2) is 4.98 Å². The van der Waals surface area contributed by atoms with Crippen molar-refractivity contribution in [3.63, 3.8) is 0 Å². The molecule has 0 spiro atoms. The summed E-state index contributed by atoms with van der Waals surface area (Å²) >= 11 is 16.4. The van der Waals surface area contributed by atoms with Crippen LogP contribution in [-0.4, -0.2) is 4.98 Å². The molecule has 2 aromatic rings. The molecule has 0 atom stereocenters. The Bertz CT molecular complexity index is 589. The lowest BCUT2D eigenvalue weighted by atomic mass is 10.2. The van der Waals surface area contributed by atoms with Crippen molar-refractivity contribution in [2.75, 3.05) is 0 Å². The maximum absolute atomic E-state index is 8.83. The number of benzene rings is 1. The largest absolute Gasteiger partial charge is 0.228 e. The first kappa shape index (κ1) is 11.9. The minimum absolute atomic E-state index is 0.526. The summed E-state index contributed by atoms with van der Waals surface area (Å²) in [4.78, 5) is 4.76. The fourth-order valence-corrected chi connectivity index (χ4v) is 3.12. The van der Waals surface area contributed by atoms with Gasteiger partial charge < -0.3 is 0 Å². The summed E-state index contributed by atoms with van der Waals surface area (Å²) in [6, 6.07) is 7.24. The Kier molecular flexibility index (Phi) is 3.50. The second-order valence-electron chi connectivity index (χ2n) is 2.87. The molecule has 0 unspecified atom stereocenters. The van der Waals surface area contributed by atoms with Crippen LogP contribution in [0, 0.1) is 11.3 Å². The molecule has 0 amide bonds. The molecule has 0 radical (unpaired) electrons. The van der Waals surface area contributed by atoms with E-state index in [1.807, 2.05) is 0 Å². The Morgan fingerprint density at radius 2 is 2.12 bits per heavy atom. The standard InChI is InChI=1S/C10H3BrCl2N2S/c11-9-8(4-14)16-10(15-9)6-2-1-5(12)3-7(6)13/h1-3H. The van der Waals surface area contributed by atoms with Gasteiger partial charge in [-0.3, -0.25) is 0 Å². The zero-order valence-corrected chi connectivity index (χ0v) is 11.6. The van der Waals surface area contributed by atoms with Crippen LogP contribution in [0.4, 0.5) is 0 Å². The van der Waals surface area contributed by atoms with Crippen molar-refractivity contribution < 1.29 is 0 Å². The summed E-state index contributed by atoms with van der Waals surface area (Å²) in [5, 5.41) is 10.6. The number of nitrogens with zero attached hydrogens (tertiary/aromatic N) is 2. The van der Waals surface area contributed by atoms with E-state index in [4.69, 9.17) is 28.5 Å². The molecule has 1 aromatic carbocycles. The summed E-state index contributed by atoms with van der Waals surface area (Å²) in [6.07, 6.45) is 0. The highest BCUT2D eigenvalue weighted by Gasteiger charge is 2.12. The number of aromatic nitrogens is 1. The van der Waals surface area contributed by atoms with Crippen molar-refractivity contribution >= 4 is 50.5 Å². The van der Waals surface area contributed by atoms with Crippen LogP contribution < -0.4 is 0 Å². The fourth-order valence-electron chi connectivity index (χ4n) is 1.15. The van der Waals surface area contributed by atoms with Gasteiger partial charge in [0.05, 0.1) is 5.02 Å². The van der Waals surface area contributed by atoms with E-state index >= 15 is 0 Å². The number of nitriles is 1. The minimum atomic E-state index is 0.526. The van der Waals surface area contributed by atoms with Crippen molar-refractivity contribution in [2.24, 2.45) is 0 Å². The average Bonchev–Trinajstić information content (AvgIpc) is 2.59. The molecule has 0 fully saturated rings. The van der Waals surface area contributed by atoms with Crippen molar-refractivity contribution in [1.29, 1.82) is 5.26 Å². The third-order valence-corrected chi connectivity index (χ3v) is 4.23. The topological polar surface area (TPSA) is 36.7 Å². The summed E-state index contributed by atoms with van der Waals surface area (Å²) in [5.74, 6) is 0. The lowest BCUT2D eigenvalue weighted by Gasteiger charge is -1.99. The number of rotatable bonds is 1. The Morgan fingerprint density at radius 3 is 2.69 bits per heavy atom. The van der Waals surface area contributed by atoms with Gasteiger partial charge in [0.1, 0.15) is 20.6 Å². The molecule has 80 valence electrons. The smallest absolute Gasteiger partial charge is 0.139 e.